The Hall–Kier alpha value is -1.99. The molecule has 0 aliphatic heterocycles. The zero-order chi connectivity index (χ0) is 13.7. The van der Waals surface area contributed by atoms with Gasteiger partial charge in [0.25, 0.3) is 0 Å². The molecule has 0 fully saturated rings. The molecule has 0 amide bonds. The fourth-order valence-corrected chi connectivity index (χ4v) is 2.35. The molecule has 0 bridgehead atoms. The lowest BCUT2D eigenvalue weighted by molar-refractivity contribution is 0.0607. The van der Waals surface area contributed by atoms with Gasteiger partial charge in [-0.3, -0.25) is 0 Å². The Morgan fingerprint density at radius 3 is 2.89 bits per heavy atom. The van der Waals surface area contributed by atoms with Gasteiger partial charge in [0.05, 0.1) is 12.8 Å². The molecule has 0 aliphatic rings. The van der Waals surface area contributed by atoms with E-state index >= 15 is 0 Å². The summed E-state index contributed by atoms with van der Waals surface area (Å²) in [5.74, 6) is 0.244. The molecule has 0 aliphatic carbocycles. The second-order valence-electron chi connectivity index (χ2n) is 3.45. The second-order valence-corrected chi connectivity index (χ2v) is 4.77. The molecule has 19 heavy (non-hydrogen) atoms. The number of aromatic nitrogens is 1. The molecule has 0 saturated heterocycles. The Morgan fingerprint density at radius 1 is 1.37 bits per heavy atom. The second kappa shape index (κ2) is 6.26. The lowest BCUT2D eigenvalue weighted by Crippen LogP contribution is -2.20. The number of thiophene rings is 1. The van der Waals surface area contributed by atoms with Crippen molar-refractivity contribution in [1.29, 1.82) is 0 Å². The highest BCUT2D eigenvalue weighted by atomic mass is 32.1. The normalized spacial score (nSPS) is 9.74. The van der Waals surface area contributed by atoms with Gasteiger partial charge in [-0.1, -0.05) is 6.07 Å². The molecule has 2 rings (SSSR count). The van der Waals surface area contributed by atoms with Gasteiger partial charge >= 0.3 is 5.97 Å². The third-order valence-corrected chi connectivity index (χ3v) is 3.29. The maximum Gasteiger partial charge on any atom is 0.350 e. The Morgan fingerprint density at radius 2 is 2.21 bits per heavy atom. The summed E-state index contributed by atoms with van der Waals surface area (Å²) in [6.45, 7) is 0. The number of rotatable bonds is 3. The summed E-state index contributed by atoms with van der Waals surface area (Å²) >= 11 is 6.45. The molecular formula is C12H11N3O2S2. The minimum atomic E-state index is -0.391. The van der Waals surface area contributed by atoms with Crippen LogP contribution in [0.3, 0.4) is 0 Å². The quantitative estimate of drug-likeness (QED) is 0.670. The first-order valence-electron chi connectivity index (χ1n) is 5.35. The van der Waals surface area contributed by atoms with Gasteiger partial charge < -0.3 is 15.4 Å². The highest BCUT2D eigenvalue weighted by Crippen LogP contribution is 2.23. The van der Waals surface area contributed by atoms with Crippen molar-refractivity contribution in [3.63, 3.8) is 0 Å². The van der Waals surface area contributed by atoms with E-state index in [-0.39, 0.29) is 0 Å². The van der Waals surface area contributed by atoms with E-state index in [1.54, 1.807) is 23.7 Å². The topological polar surface area (TPSA) is 63.2 Å². The number of pyridine rings is 1. The van der Waals surface area contributed by atoms with Crippen LogP contribution in [0.25, 0.3) is 0 Å². The molecule has 0 saturated carbocycles. The van der Waals surface area contributed by atoms with Gasteiger partial charge in [-0.25, -0.2) is 9.78 Å². The molecule has 2 aromatic heterocycles. The lowest BCUT2D eigenvalue weighted by atomic mass is 10.4. The van der Waals surface area contributed by atoms with Crippen molar-refractivity contribution in [3.05, 3.63) is 40.7 Å². The maximum atomic E-state index is 11.5. The van der Waals surface area contributed by atoms with Crippen molar-refractivity contribution in [2.75, 3.05) is 17.7 Å². The van der Waals surface area contributed by atoms with E-state index in [4.69, 9.17) is 17.0 Å². The monoisotopic (exact) mass is 293 g/mol. The predicted molar refractivity (Wildman–Crippen MR) is 79.7 cm³/mol. The van der Waals surface area contributed by atoms with Crippen molar-refractivity contribution in [2.24, 2.45) is 0 Å². The molecule has 0 unspecified atom stereocenters. The SMILES string of the molecule is COC(=O)c1sccc1NC(=S)Nc1ccccn1. The Kier molecular flexibility index (Phi) is 4.43. The summed E-state index contributed by atoms with van der Waals surface area (Å²) in [7, 11) is 1.34. The van der Waals surface area contributed by atoms with Crippen LogP contribution >= 0.6 is 23.6 Å². The summed E-state index contributed by atoms with van der Waals surface area (Å²) in [5.41, 5.74) is 0.616. The van der Waals surface area contributed by atoms with E-state index in [2.05, 4.69) is 15.6 Å². The number of hydrogen-bond donors (Lipinski definition) is 2. The van der Waals surface area contributed by atoms with Gasteiger partial charge in [0, 0.05) is 6.20 Å². The summed E-state index contributed by atoms with van der Waals surface area (Å²) in [4.78, 5) is 16.1. The minimum Gasteiger partial charge on any atom is -0.465 e. The van der Waals surface area contributed by atoms with Crippen LogP contribution in [0.2, 0.25) is 0 Å². The summed E-state index contributed by atoms with van der Waals surface area (Å²) in [6.07, 6.45) is 1.66. The highest BCUT2D eigenvalue weighted by molar-refractivity contribution is 7.80. The van der Waals surface area contributed by atoms with Crippen LogP contribution in [-0.4, -0.2) is 23.2 Å². The third-order valence-electron chi connectivity index (χ3n) is 2.19. The smallest absolute Gasteiger partial charge is 0.350 e. The standard InChI is InChI=1S/C12H11N3O2S2/c1-17-11(16)10-8(5-7-19-10)14-12(18)15-9-4-2-3-6-13-9/h2-7H,1H3,(H2,13,14,15,18). The largest absolute Gasteiger partial charge is 0.465 e. The van der Waals surface area contributed by atoms with Crippen LogP contribution in [0.1, 0.15) is 9.67 Å². The average molecular weight is 293 g/mol. The number of carbonyl (C=O) groups is 1. The molecule has 0 atom stereocenters. The van der Waals surface area contributed by atoms with Crippen LogP contribution in [0.5, 0.6) is 0 Å². The van der Waals surface area contributed by atoms with Crippen molar-refractivity contribution in [2.45, 2.75) is 0 Å². The third kappa shape index (κ3) is 3.49. The van der Waals surface area contributed by atoms with Gasteiger partial charge in [0.15, 0.2) is 5.11 Å². The minimum absolute atomic E-state index is 0.363. The van der Waals surface area contributed by atoms with Crippen molar-refractivity contribution < 1.29 is 9.53 Å². The summed E-state index contributed by atoms with van der Waals surface area (Å²) in [6, 6.07) is 7.23. The zero-order valence-corrected chi connectivity index (χ0v) is 11.7. The Balaban J connectivity index is 2.04. The lowest BCUT2D eigenvalue weighted by Gasteiger charge is -2.09. The van der Waals surface area contributed by atoms with Gasteiger partial charge in [0.2, 0.25) is 0 Å². The van der Waals surface area contributed by atoms with Crippen molar-refractivity contribution in [3.8, 4) is 0 Å². The molecule has 5 nitrogen and oxygen atoms in total. The van der Waals surface area contributed by atoms with Crippen LogP contribution < -0.4 is 10.6 Å². The summed E-state index contributed by atoms with van der Waals surface area (Å²) in [5, 5.41) is 8.02. The first-order chi connectivity index (χ1) is 9.20. The molecule has 7 heteroatoms. The Labute approximate surface area is 119 Å². The van der Waals surface area contributed by atoms with Crippen LogP contribution in [0.15, 0.2) is 35.8 Å². The first-order valence-corrected chi connectivity index (χ1v) is 6.64. The molecule has 0 radical (unpaired) electrons. The number of thiocarbonyl (C=S) groups is 1. The molecule has 0 aromatic carbocycles. The molecule has 2 N–H and O–H groups in total. The number of esters is 1. The van der Waals surface area contributed by atoms with Gasteiger partial charge in [-0.05, 0) is 35.8 Å². The highest BCUT2D eigenvalue weighted by Gasteiger charge is 2.14. The molecule has 2 aromatic rings. The Bertz CT molecular complexity index is 584. The van der Waals surface area contributed by atoms with Gasteiger partial charge in [-0.15, -0.1) is 11.3 Å². The van der Waals surface area contributed by atoms with Gasteiger partial charge in [0.1, 0.15) is 10.7 Å². The zero-order valence-electron chi connectivity index (χ0n) is 10.0. The van der Waals surface area contributed by atoms with Crippen molar-refractivity contribution in [1.82, 2.24) is 4.98 Å². The van der Waals surface area contributed by atoms with E-state index in [0.717, 1.165) is 0 Å². The van der Waals surface area contributed by atoms with Gasteiger partial charge in [-0.2, -0.15) is 0 Å². The van der Waals surface area contributed by atoms with E-state index < -0.39 is 5.97 Å². The van der Waals surface area contributed by atoms with E-state index in [1.807, 2.05) is 12.1 Å². The predicted octanol–water partition coefficient (Wildman–Crippen LogP) is 2.74. The van der Waals surface area contributed by atoms with E-state index in [0.29, 0.717) is 21.5 Å². The average Bonchev–Trinajstić information content (AvgIpc) is 2.87. The first kappa shape index (κ1) is 13.4. The molecule has 0 spiro atoms. The molecule has 2 heterocycles. The number of carbonyl (C=O) groups excluding carboxylic acids is 1. The van der Waals surface area contributed by atoms with E-state index in [9.17, 15) is 4.79 Å². The van der Waals surface area contributed by atoms with Crippen LogP contribution in [0, 0.1) is 0 Å². The fourth-order valence-electron chi connectivity index (χ4n) is 1.37. The fraction of sp³-hybridized carbons (Fsp3) is 0.0833. The van der Waals surface area contributed by atoms with Crippen LogP contribution in [-0.2, 0) is 4.74 Å². The number of anilines is 2. The van der Waals surface area contributed by atoms with E-state index in [1.165, 1.54) is 18.4 Å². The number of nitrogens with one attached hydrogen (secondary N) is 2. The number of methoxy groups -OCH3 is 1. The number of ether oxygens (including phenoxy) is 1. The summed E-state index contributed by atoms with van der Waals surface area (Å²) < 4.78 is 4.69. The van der Waals surface area contributed by atoms with Crippen molar-refractivity contribution >= 4 is 46.1 Å². The van der Waals surface area contributed by atoms with Crippen LogP contribution in [0.4, 0.5) is 11.5 Å². The molecule has 98 valence electrons. The maximum absolute atomic E-state index is 11.5. The molecular weight excluding hydrogens is 282 g/mol. The number of nitrogens with zero attached hydrogens (tertiary/aromatic N) is 1. The number of hydrogen-bond acceptors (Lipinski definition) is 5.